The molecule has 1 atom stereocenters. The standard InChI is InChI=1S/C17H17BrN2O4/c1-11(24-13-7-5-6-12(18)10-13)16(21)19-20-17(22)14-8-3-4-9-15(14)23-2/h3-11H,1-2H3,(H,19,21)(H,20,22)/t11-/m1/s1. The zero-order chi connectivity index (χ0) is 17.5. The minimum Gasteiger partial charge on any atom is -0.496 e. The van der Waals surface area contributed by atoms with Crippen LogP contribution in [0.5, 0.6) is 11.5 Å². The lowest BCUT2D eigenvalue weighted by atomic mass is 10.2. The van der Waals surface area contributed by atoms with E-state index in [-0.39, 0.29) is 0 Å². The summed E-state index contributed by atoms with van der Waals surface area (Å²) in [6.07, 6.45) is -0.780. The maximum absolute atomic E-state index is 12.1. The van der Waals surface area contributed by atoms with Crippen LogP contribution in [0, 0.1) is 0 Å². The third-order valence-corrected chi connectivity index (χ3v) is 3.62. The van der Waals surface area contributed by atoms with Crippen molar-refractivity contribution in [2.45, 2.75) is 13.0 Å². The lowest BCUT2D eigenvalue weighted by Gasteiger charge is -2.15. The van der Waals surface area contributed by atoms with Gasteiger partial charge in [-0.15, -0.1) is 0 Å². The van der Waals surface area contributed by atoms with Crippen molar-refractivity contribution in [2.24, 2.45) is 0 Å². The van der Waals surface area contributed by atoms with E-state index in [0.29, 0.717) is 17.1 Å². The average molecular weight is 393 g/mol. The van der Waals surface area contributed by atoms with Crippen LogP contribution in [0.15, 0.2) is 53.0 Å². The van der Waals surface area contributed by atoms with Gasteiger partial charge < -0.3 is 9.47 Å². The molecule has 2 rings (SSSR count). The summed E-state index contributed by atoms with van der Waals surface area (Å²) in [7, 11) is 1.47. The number of hydrogen-bond acceptors (Lipinski definition) is 4. The molecule has 2 amide bonds. The number of methoxy groups -OCH3 is 1. The minimum absolute atomic E-state index is 0.320. The van der Waals surface area contributed by atoms with Crippen LogP contribution in [-0.4, -0.2) is 25.0 Å². The molecule has 2 N–H and O–H groups in total. The molecule has 0 bridgehead atoms. The quantitative estimate of drug-likeness (QED) is 0.766. The van der Waals surface area contributed by atoms with Gasteiger partial charge in [0.15, 0.2) is 6.10 Å². The monoisotopic (exact) mass is 392 g/mol. The third kappa shape index (κ3) is 4.73. The number of para-hydroxylation sites is 1. The summed E-state index contributed by atoms with van der Waals surface area (Å²) in [6.45, 7) is 1.59. The van der Waals surface area contributed by atoms with Crippen LogP contribution in [0.2, 0.25) is 0 Å². The van der Waals surface area contributed by atoms with E-state index < -0.39 is 17.9 Å². The van der Waals surface area contributed by atoms with Crippen molar-refractivity contribution in [3.63, 3.8) is 0 Å². The van der Waals surface area contributed by atoms with Gasteiger partial charge in [0.25, 0.3) is 11.8 Å². The fourth-order valence-electron chi connectivity index (χ4n) is 1.92. The largest absolute Gasteiger partial charge is 0.496 e. The Morgan fingerprint density at radius 1 is 1.08 bits per heavy atom. The third-order valence-electron chi connectivity index (χ3n) is 3.13. The molecule has 2 aromatic rings. The van der Waals surface area contributed by atoms with E-state index in [1.54, 1.807) is 49.4 Å². The highest BCUT2D eigenvalue weighted by Crippen LogP contribution is 2.19. The van der Waals surface area contributed by atoms with Crippen LogP contribution < -0.4 is 20.3 Å². The molecule has 0 unspecified atom stereocenters. The van der Waals surface area contributed by atoms with Crippen LogP contribution in [0.25, 0.3) is 0 Å². The number of halogens is 1. The van der Waals surface area contributed by atoms with Crippen molar-refractivity contribution in [1.29, 1.82) is 0 Å². The Labute approximate surface area is 148 Å². The molecule has 7 heteroatoms. The van der Waals surface area contributed by atoms with E-state index in [4.69, 9.17) is 9.47 Å². The maximum Gasteiger partial charge on any atom is 0.279 e. The van der Waals surface area contributed by atoms with Crippen molar-refractivity contribution in [3.05, 3.63) is 58.6 Å². The summed E-state index contributed by atoms with van der Waals surface area (Å²) in [5.74, 6) is 0.0134. The van der Waals surface area contributed by atoms with Gasteiger partial charge in [0.1, 0.15) is 11.5 Å². The molecule has 0 radical (unpaired) electrons. The van der Waals surface area contributed by atoms with Crippen LogP contribution in [0.4, 0.5) is 0 Å². The Morgan fingerprint density at radius 3 is 2.54 bits per heavy atom. The van der Waals surface area contributed by atoms with Crippen molar-refractivity contribution >= 4 is 27.7 Å². The number of rotatable bonds is 5. The van der Waals surface area contributed by atoms with Crippen LogP contribution >= 0.6 is 15.9 Å². The normalized spacial score (nSPS) is 11.3. The molecule has 0 spiro atoms. The summed E-state index contributed by atoms with van der Waals surface area (Å²) in [5, 5.41) is 0. The summed E-state index contributed by atoms with van der Waals surface area (Å²) < 4.78 is 11.5. The predicted molar refractivity (Wildman–Crippen MR) is 92.8 cm³/mol. The molecule has 0 aliphatic heterocycles. The molecule has 0 saturated heterocycles. The van der Waals surface area contributed by atoms with Gasteiger partial charge in [-0.05, 0) is 37.3 Å². The number of amides is 2. The van der Waals surface area contributed by atoms with Crippen molar-refractivity contribution in [1.82, 2.24) is 10.9 Å². The molecule has 0 heterocycles. The number of nitrogens with one attached hydrogen (secondary N) is 2. The van der Waals surface area contributed by atoms with Gasteiger partial charge in [-0.2, -0.15) is 0 Å². The number of ether oxygens (including phenoxy) is 2. The van der Waals surface area contributed by atoms with E-state index in [2.05, 4.69) is 26.8 Å². The zero-order valence-corrected chi connectivity index (χ0v) is 14.8. The van der Waals surface area contributed by atoms with E-state index in [1.807, 2.05) is 6.07 Å². The molecule has 126 valence electrons. The number of carbonyl (C=O) groups is 2. The molecule has 0 aromatic heterocycles. The van der Waals surface area contributed by atoms with Gasteiger partial charge in [-0.3, -0.25) is 20.4 Å². The second-order valence-electron chi connectivity index (χ2n) is 4.86. The van der Waals surface area contributed by atoms with Crippen molar-refractivity contribution in [3.8, 4) is 11.5 Å². The second kappa shape index (κ2) is 8.35. The Morgan fingerprint density at radius 2 is 1.83 bits per heavy atom. The smallest absolute Gasteiger partial charge is 0.279 e. The first-order chi connectivity index (χ1) is 11.5. The first kappa shape index (κ1) is 17.8. The number of carbonyl (C=O) groups excluding carboxylic acids is 2. The number of benzene rings is 2. The van der Waals surface area contributed by atoms with E-state index >= 15 is 0 Å². The molecule has 2 aromatic carbocycles. The number of hydrogen-bond donors (Lipinski definition) is 2. The number of hydrazine groups is 1. The van der Waals surface area contributed by atoms with Crippen LogP contribution in [0.3, 0.4) is 0 Å². The van der Waals surface area contributed by atoms with Crippen LogP contribution in [0.1, 0.15) is 17.3 Å². The first-order valence-corrected chi connectivity index (χ1v) is 7.96. The molecule has 6 nitrogen and oxygen atoms in total. The minimum atomic E-state index is -0.780. The fraction of sp³-hybridized carbons (Fsp3) is 0.176. The lowest BCUT2D eigenvalue weighted by Crippen LogP contribution is -2.47. The Hall–Kier alpha value is -2.54. The SMILES string of the molecule is COc1ccccc1C(=O)NNC(=O)[C@@H](C)Oc1cccc(Br)c1. The summed E-state index contributed by atoms with van der Waals surface area (Å²) in [6, 6.07) is 13.9. The molecular weight excluding hydrogens is 376 g/mol. The summed E-state index contributed by atoms with van der Waals surface area (Å²) >= 11 is 3.33. The van der Waals surface area contributed by atoms with E-state index in [1.165, 1.54) is 7.11 Å². The highest BCUT2D eigenvalue weighted by Gasteiger charge is 2.17. The molecule has 0 saturated carbocycles. The second-order valence-corrected chi connectivity index (χ2v) is 5.78. The fourth-order valence-corrected chi connectivity index (χ4v) is 2.30. The predicted octanol–water partition coefficient (Wildman–Crippen LogP) is 2.69. The highest BCUT2D eigenvalue weighted by atomic mass is 79.9. The topological polar surface area (TPSA) is 76.7 Å². The Kier molecular flexibility index (Phi) is 6.20. The maximum atomic E-state index is 12.1. The Balaban J connectivity index is 1.91. The first-order valence-electron chi connectivity index (χ1n) is 7.16. The molecule has 0 aliphatic rings. The van der Waals surface area contributed by atoms with E-state index in [0.717, 1.165) is 4.47 Å². The van der Waals surface area contributed by atoms with E-state index in [9.17, 15) is 9.59 Å². The lowest BCUT2D eigenvalue weighted by molar-refractivity contribution is -0.128. The Bertz CT molecular complexity index is 736. The van der Waals surface area contributed by atoms with Crippen molar-refractivity contribution in [2.75, 3.05) is 7.11 Å². The summed E-state index contributed by atoms with van der Waals surface area (Å²) in [5.41, 5.74) is 5.00. The molecule has 24 heavy (non-hydrogen) atoms. The zero-order valence-electron chi connectivity index (χ0n) is 13.2. The summed E-state index contributed by atoms with van der Waals surface area (Å²) in [4.78, 5) is 24.1. The van der Waals surface area contributed by atoms with Gasteiger partial charge >= 0.3 is 0 Å². The van der Waals surface area contributed by atoms with Crippen LogP contribution in [-0.2, 0) is 4.79 Å². The van der Waals surface area contributed by atoms with Gasteiger partial charge in [0, 0.05) is 4.47 Å². The molecule has 0 fully saturated rings. The van der Waals surface area contributed by atoms with Gasteiger partial charge in [-0.1, -0.05) is 34.1 Å². The van der Waals surface area contributed by atoms with Gasteiger partial charge in [0.05, 0.1) is 12.7 Å². The highest BCUT2D eigenvalue weighted by molar-refractivity contribution is 9.10. The van der Waals surface area contributed by atoms with Gasteiger partial charge in [0.2, 0.25) is 0 Å². The van der Waals surface area contributed by atoms with Gasteiger partial charge in [-0.25, -0.2) is 0 Å². The molecular formula is C17H17BrN2O4. The van der Waals surface area contributed by atoms with Crippen molar-refractivity contribution < 1.29 is 19.1 Å². The average Bonchev–Trinajstić information content (AvgIpc) is 2.59. The molecule has 0 aliphatic carbocycles.